The van der Waals surface area contributed by atoms with Crippen LogP contribution in [-0.2, 0) is 16.3 Å². The van der Waals surface area contributed by atoms with Gasteiger partial charge in [-0.05, 0) is 22.4 Å². The first-order chi connectivity index (χ1) is 9.97. The molecule has 1 fully saturated rings. The number of aryl methyl sites for hydroxylation is 1. The van der Waals surface area contributed by atoms with E-state index in [0.29, 0.717) is 22.7 Å². The normalized spacial score (nSPS) is 19.8. The average molecular weight is 394 g/mol. The monoisotopic (exact) mass is 393 g/mol. The molecule has 1 aromatic heterocycles. The van der Waals surface area contributed by atoms with Gasteiger partial charge in [-0.25, -0.2) is 18.4 Å². The van der Waals surface area contributed by atoms with Crippen LogP contribution in [-0.4, -0.2) is 47.6 Å². The van der Waals surface area contributed by atoms with Crippen molar-refractivity contribution in [1.29, 1.82) is 0 Å². The van der Waals surface area contributed by atoms with Crippen molar-refractivity contribution < 1.29 is 8.42 Å². The van der Waals surface area contributed by atoms with Crippen LogP contribution in [0, 0.1) is 0 Å². The summed E-state index contributed by atoms with van der Waals surface area (Å²) in [5.74, 6) is 3.14. The Morgan fingerprint density at radius 3 is 2.86 bits per heavy atom. The second kappa shape index (κ2) is 7.28. The van der Waals surface area contributed by atoms with Gasteiger partial charge < -0.3 is 4.90 Å². The minimum absolute atomic E-state index is 0.156. The fourth-order valence-electron chi connectivity index (χ4n) is 2.27. The molecular weight excluding hydrogens is 374 g/mol. The molecule has 0 aromatic carbocycles. The molecule has 2 rings (SSSR count). The van der Waals surface area contributed by atoms with Crippen LogP contribution in [0.5, 0.6) is 0 Å². The molecule has 0 bridgehead atoms. The van der Waals surface area contributed by atoms with E-state index >= 15 is 0 Å². The lowest BCUT2D eigenvalue weighted by Gasteiger charge is -2.35. The number of anilines is 1. The molecule has 2 heterocycles. The van der Waals surface area contributed by atoms with Gasteiger partial charge in [-0.15, -0.1) is 0 Å². The maximum atomic E-state index is 12.3. The first kappa shape index (κ1) is 17.0. The molecule has 0 radical (unpaired) electrons. The van der Waals surface area contributed by atoms with Crippen molar-refractivity contribution in [3.63, 3.8) is 0 Å². The first-order valence-electron chi connectivity index (χ1n) is 7.07. The Labute approximate surface area is 139 Å². The lowest BCUT2D eigenvalue weighted by atomic mass is 10.3. The van der Waals surface area contributed by atoms with Crippen LogP contribution < -0.4 is 4.90 Å². The predicted octanol–water partition coefficient (Wildman–Crippen LogP) is 2.51. The van der Waals surface area contributed by atoms with Gasteiger partial charge in [0.25, 0.3) is 0 Å². The van der Waals surface area contributed by atoms with Crippen molar-refractivity contribution >= 4 is 43.3 Å². The van der Waals surface area contributed by atoms with E-state index in [0.717, 1.165) is 24.4 Å². The highest BCUT2D eigenvalue weighted by molar-refractivity contribution is 9.10. The Morgan fingerprint density at radius 1 is 1.43 bits per heavy atom. The van der Waals surface area contributed by atoms with Gasteiger partial charge in [0.1, 0.15) is 21.6 Å². The van der Waals surface area contributed by atoms with E-state index in [9.17, 15) is 8.42 Å². The topological polar surface area (TPSA) is 63.2 Å². The third-order valence-corrected chi connectivity index (χ3v) is 7.09. The zero-order valence-electron chi connectivity index (χ0n) is 12.2. The van der Waals surface area contributed by atoms with Gasteiger partial charge in [-0.1, -0.05) is 13.8 Å². The molecule has 0 saturated carbocycles. The third-order valence-electron chi connectivity index (χ3n) is 3.40. The second-order valence-corrected chi connectivity index (χ2v) is 9.30. The number of rotatable bonds is 5. The van der Waals surface area contributed by atoms with E-state index in [1.165, 1.54) is 0 Å². The molecule has 118 valence electrons. The van der Waals surface area contributed by atoms with Crippen molar-refractivity contribution in [1.82, 2.24) is 9.97 Å². The molecule has 1 unspecified atom stereocenters. The Balaban J connectivity index is 2.37. The summed E-state index contributed by atoms with van der Waals surface area (Å²) in [5.41, 5.74) is 0. The van der Waals surface area contributed by atoms with E-state index < -0.39 is 15.2 Å². The van der Waals surface area contributed by atoms with Crippen molar-refractivity contribution in [3.8, 4) is 0 Å². The molecule has 1 aromatic rings. The number of hydrogen-bond acceptors (Lipinski definition) is 6. The molecule has 1 saturated heterocycles. The van der Waals surface area contributed by atoms with Crippen LogP contribution in [0.4, 0.5) is 5.82 Å². The van der Waals surface area contributed by atoms with Gasteiger partial charge in [0.2, 0.25) is 0 Å². The number of sulfone groups is 1. The Bertz CT molecular complexity index is 595. The molecule has 8 heteroatoms. The summed E-state index contributed by atoms with van der Waals surface area (Å²) in [6.45, 7) is 4.47. The van der Waals surface area contributed by atoms with Crippen LogP contribution in [0.15, 0.2) is 10.7 Å². The molecule has 1 atom stereocenters. The summed E-state index contributed by atoms with van der Waals surface area (Å²) in [6.07, 6.45) is 1.75. The number of aromatic nitrogens is 2. The Hall–Kier alpha value is -0.340. The SMILES string of the molecule is CCCc1nc(Br)cc(N2CCSCC2S(=O)(=O)CC)n1. The molecule has 0 aliphatic carbocycles. The largest absolute Gasteiger partial charge is 0.338 e. The standard InChI is InChI=1S/C13H20BrN3O2S2/c1-3-5-11-15-10(14)8-12(16-11)17-6-7-20-9-13(17)21(18,19)4-2/h8,13H,3-7,9H2,1-2H3. The number of thioether (sulfide) groups is 1. The maximum absolute atomic E-state index is 12.3. The summed E-state index contributed by atoms with van der Waals surface area (Å²) in [6, 6.07) is 1.81. The Kier molecular flexibility index (Phi) is 5.90. The van der Waals surface area contributed by atoms with E-state index in [2.05, 4.69) is 32.8 Å². The second-order valence-electron chi connectivity index (χ2n) is 4.89. The zero-order chi connectivity index (χ0) is 15.5. The van der Waals surface area contributed by atoms with Crippen molar-refractivity contribution in [2.75, 3.05) is 28.7 Å². The fraction of sp³-hybridized carbons (Fsp3) is 0.692. The highest BCUT2D eigenvalue weighted by Crippen LogP contribution is 2.27. The van der Waals surface area contributed by atoms with Crippen LogP contribution in [0.2, 0.25) is 0 Å². The smallest absolute Gasteiger partial charge is 0.171 e. The summed E-state index contributed by atoms with van der Waals surface area (Å²) >= 11 is 5.09. The molecule has 0 spiro atoms. The van der Waals surface area contributed by atoms with Gasteiger partial charge in [0.05, 0.1) is 0 Å². The summed E-state index contributed by atoms with van der Waals surface area (Å²) < 4.78 is 25.4. The average Bonchev–Trinajstić information content (AvgIpc) is 2.47. The molecule has 5 nitrogen and oxygen atoms in total. The molecule has 0 amide bonds. The number of nitrogens with zero attached hydrogens (tertiary/aromatic N) is 3. The molecule has 1 aliphatic rings. The van der Waals surface area contributed by atoms with Gasteiger partial charge in [0, 0.05) is 36.3 Å². The van der Waals surface area contributed by atoms with E-state index in [4.69, 9.17) is 0 Å². The summed E-state index contributed by atoms with van der Waals surface area (Å²) in [4.78, 5) is 10.8. The Morgan fingerprint density at radius 2 is 2.19 bits per heavy atom. The highest BCUT2D eigenvalue weighted by atomic mass is 79.9. The molecular formula is C13H20BrN3O2S2. The van der Waals surface area contributed by atoms with E-state index in [1.54, 1.807) is 18.7 Å². The summed E-state index contributed by atoms with van der Waals surface area (Å²) in [7, 11) is -3.13. The molecule has 1 aliphatic heterocycles. The van der Waals surface area contributed by atoms with Crippen molar-refractivity contribution in [2.45, 2.75) is 32.1 Å². The maximum Gasteiger partial charge on any atom is 0.171 e. The third kappa shape index (κ3) is 4.10. The van der Waals surface area contributed by atoms with Crippen molar-refractivity contribution in [3.05, 3.63) is 16.5 Å². The minimum Gasteiger partial charge on any atom is -0.338 e. The lowest BCUT2D eigenvalue weighted by molar-refractivity contribution is 0.578. The number of hydrogen-bond donors (Lipinski definition) is 0. The predicted molar refractivity (Wildman–Crippen MR) is 91.6 cm³/mol. The van der Waals surface area contributed by atoms with Gasteiger partial charge in [0.15, 0.2) is 9.84 Å². The fourth-order valence-corrected chi connectivity index (χ4v) is 5.65. The van der Waals surface area contributed by atoms with Crippen LogP contribution in [0.1, 0.15) is 26.1 Å². The number of halogens is 1. The van der Waals surface area contributed by atoms with Crippen LogP contribution >= 0.6 is 27.7 Å². The molecule has 21 heavy (non-hydrogen) atoms. The quantitative estimate of drug-likeness (QED) is 0.716. The first-order valence-corrected chi connectivity index (χ1v) is 10.7. The lowest BCUT2D eigenvalue weighted by Crippen LogP contribution is -2.48. The van der Waals surface area contributed by atoms with Gasteiger partial charge in [-0.2, -0.15) is 11.8 Å². The van der Waals surface area contributed by atoms with Gasteiger partial charge >= 0.3 is 0 Å². The van der Waals surface area contributed by atoms with E-state index in [-0.39, 0.29) is 5.75 Å². The molecule has 0 N–H and O–H groups in total. The summed E-state index contributed by atoms with van der Waals surface area (Å²) in [5, 5.41) is -0.488. The van der Waals surface area contributed by atoms with E-state index in [1.807, 2.05) is 11.0 Å². The highest BCUT2D eigenvalue weighted by Gasteiger charge is 2.33. The van der Waals surface area contributed by atoms with Crippen LogP contribution in [0.3, 0.4) is 0 Å². The zero-order valence-corrected chi connectivity index (χ0v) is 15.5. The van der Waals surface area contributed by atoms with Crippen molar-refractivity contribution in [2.24, 2.45) is 0 Å². The van der Waals surface area contributed by atoms with Gasteiger partial charge in [-0.3, -0.25) is 0 Å². The van der Waals surface area contributed by atoms with Crippen LogP contribution in [0.25, 0.3) is 0 Å². The minimum atomic E-state index is -3.13.